The van der Waals surface area contributed by atoms with Crippen molar-refractivity contribution in [2.75, 3.05) is 5.32 Å². The van der Waals surface area contributed by atoms with Gasteiger partial charge in [-0.2, -0.15) is 5.10 Å². The molecule has 0 aliphatic carbocycles. The lowest BCUT2D eigenvalue weighted by atomic mass is 10.0. The monoisotopic (exact) mass is 491 g/mol. The number of urea groups is 1. The Morgan fingerprint density at radius 2 is 1.79 bits per heavy atom. The number of anilines is 1. The second-order valence-corrected chi connectivity index (χ2v) is 10.9. The lowest BCUT2D eigenvalue weighted by Gasteiger charge is -2.14. The molecule has 180 valence electrons. The van der Waals surface area contributed by atoms with Gasteiger partial charge in [-0.3, -0.25) is 0 Å². The van der Waals surface area contributed by atoms with Gasteiger partial charge in [0.05, 0.1) is 28.4 Å². The van der Waals surface area contributed by atoms with Crippen LogP contribution in [0, 0.1) is 0 Å². The number of para-hydroxylation sites is 1. The fourth-order valence-electron chi connectivity index (χ4n) is 3.15. The summed E-state index contributed by atoms with van der Waals surface area (Å²) < 4.78 is 13.3. The molecule has 0 aliphatic heterocycles. The van der Waals surface area contributed by atoms with Crippen molar-refractivity contribution in [3.05, 3.63) is 58.7 Å². The van der Waals surface area contributed by atoms with Crippen LogP contribution in [-0.2, 0) is 16.6 Å². The lowest BCUT2D eigenvalue weighted by Crippen LogP contribution is -2.21. The molecule has 2 aromatic heterocycles. The normalized spacial score (nSPS) is 12.4. The zero-order valence-corrected chi connectivity index (χ0v) is 21.5. The van der Waals surface area contributed by atoms with Crippen molar-refractivity contribution in [2.45, 2.75) is 63.2 Å². The van der Waals surface area contributed by atoms with Crippen molar-refractivity contribution >= 4 is 34.0 Å². The van der Waals surface area contributed by atoms with E-state index < -0.39 is 22.6 Å². The molecule has 0 bridgehead atoms. The Morgan fingerprint density at radius 3 is 2.18 bits per heavy atom. The van der Waals surface area contributed by atoms with Gasteiger partial charge < -0.3 is 16.2 Å². The molecule has 1 aromatic carbocycles. The molecule has 0 saturated carbocycles. The van der Waals surface area contributed by atoms with Gasteiger partial charge in [0.15, 0.2) is 0 Å². The predicted octanol–water partition coefficient (Wildman–Crippen LogP) is 4.57. The molecule has 6 N–H and O–H groups in total. The number of nitrogens with one attached hydrogen (secondary N) is 1. The molecule has 33 heavy (non-hydrogen) atoms. The third-order valence-corrected chi connectivity index (χ3v) is 6.79. The first-order valence-corrected chi connectivity index (χ1v) is 12.6. The van der Waals surface area contributed by atoms with Gasteiger partial charge in [0.25, 0.3) is 0 Å². The number of thiophene rings is 1. The Kier molecular flexibility index (Phi) is 8.96. The Labute approximate surface area is 201 Å². The third-order valence-electron chi connectivity index (χ3n) is 4.77. The van der Waals surface area contributed by atoms with E-state index in [0.29, 0.717) is 4.21 Å². The van der Waals surface area contributed by atoms with E-state index in [1.807, 2.05) is 48.9 Å². The number of nitrogens with zero attached hydrogens (tertiary/aromatic N) is 2. The van der Waals surface area contributed by atoms with E-state index in [0.717, 1.165) is 28.3 Å². The van der Waals surface area contributed by atoms with Crippen LogP contribution in [0.3, 0.4) is 0 Å². The maximum atomic E-state index is 11.3. The minimum Gasteiger partial charge on any atom is -0.386 e. The highest BCUT2D eigenvalue weighted by Gasteiger charge is 2.23. The number of primary amides is 1. The summed E-state index contributed by atoms with van der Waals surface area (Å²) in [6.07, 6.45) is 0. The van der Waals surface area contributed by atoms with E-state index in [1.165, 1.54) is 11.3 Å². The molecular weight excluding hydrogens is 458 g/mol. The highest BCUT2D eigenvalue weighted by atomic mass is 32.2. The van der Waals surface area contributed by atoms with Crippen LogP contribution in [0.15, 0.2) is 46.0 Å². The van der Waals surface area contributed by atoms with E-state index in [1.54, 1.807) is 25.3 Å². The Balaban J connectivity index is 0.000000273. The molecular formula is C23H33N5O3S2. The fourth-order valence-corrected chi connectivity index (χ4v) is 4.71. The van der Waals surface area contributed by atoms with Crippen LogP contribution >= 0.6 is 11.3 Å². The second kappa shape index (κ2) is 11.1. The first-order valence-electron chi connectivity index (χ1n) is 10.5. The van der Waals surface area contributed by atoms with E-state index in [2.05, 4.69) is 19.2 Å². The van der Waals surface area contributed by atoms with Gasteiger partial charge in [0.1, 0.15) is 15.2 Å². The SMILES string of the molecule is CC(C)(O)c1csc(S(N)=O)c1.CC(C)c1nn(-c2ccccc2)c(C(C)C)c1NC(N)=O. The molecule has 0 spiro atoms. The van der Waals surface area contributed by atoms with E-state index in [9.17, 15) is 14.1 Å². The summed E-state index contributed by atoms with van der Waals surface area (Å²) in [7, 11) is -1.44. The molecule has 1 atom stereocenters. The summed E-state index contributed by atoms with van der Waals surface area (Å²) in [4.78, 5) is 11.3. The van der Waals surface area contributed by atoms with Crippen LogP contribution in [0.1, 0.15) is 70.3 Å². The molecule has 3 rings (SSSR count). The fraction of sp³-hybridized carbons (Fsp3) is 0.391. The van der Waals surface area contributed by atoms with Crippen LogP contribution in [0.25, 0.3) is 5.69 Å². The third kappa shape index (κ3) is 6.97. The van der Waals surface area contributed by atoms with Gasteiger partial charge in [-0.1, -0.05) is 45.9 Å². The number of rotatable bonds is 6. The standard InChI is InChI=1S/C16H22N4O.C7H11NO2S2/c1-10(2)13-14(18-16(17)21)15(11(3)4)20(19-13)12-8-6-5-7-9-12;1-7(2,9)5-3-6(11-4-5)12(8)10/h5-11H,1-4H3,(H3,17,18,21);3-4,9H,8H2,1-2H3. The van der Waals surface area contributed by atoms with Crippen LogP contribution in [-0.4, -0.2) is 25.1 Å². The minimum atomic E-state index is -1.44. The van der Waals surface area contributed by atoms with Crippen molar-refractivity contribution in [3.8, 4) is 5.69 Å². The number of amides is 2. The summed E-state index contributed by atoms with van der Waals surface area (Å²) in [5.74, 6) is 0.390. The smallest absolute Gasteiger partial charge is 0.316 e. The molecule has 0 fully saturated rings. The van der Waals surface area contributed by atoms with Gasteiger partial charge in [0.2, 0.25) is 0 Å². The first-order chi connectivity index (χ1) is 15.3. The molecule has 8 nitrogen and oxygen atoms in total. The predicted molar refractivity (Wildman–Crippen MR) is 135 cm³/mol. The topological polar surface area (TPSA) is 136 Å². The highest BCUT2D eigenvalue weighted by molar-refractivity contribution is 7.85. The summed E-state index contributed by atoms with van der Waals surface area (Å²) in [5.41, 5.74) is 8.71. The number of carbonyl (C=O) groups excluding carboxylic acids is 1. The number of hydrogen-bond acceptors (Lipinski definition) is 5. The number of hydrogen-bond donors (Lipinski definition) is 4. The summed E-state index contributed by atoms with van der Waals surface area (Å²) in [6.45, 7) is 11.6. The van der Waals surface area contributed by atoms with Gasteiger partial charge in [-0.05, 0) is 54.8 Å². The molecule has 3 aromatic rings. The lowest BCUT2D eigenvalue weighted by molar-refractivity contribution is 0.0789. The molecule has 0 radical (unpaired) electrons. The number of aliphatic hydroxyl groups is 1. The average molecular weight is 492 g/mol. The van der Waals surface area contributed by atoms with Crippen LogP contribution < -0.4 is 16.2 Å². The number of nitrogens with two attached hydrogens (primary N) is 2. The molecule has 1 unspecified atom stereocenters. The van der Waals surface area contributed by atoms with Gasteiger partial charge >= 0.3 is 6.03 Å². The largest absolute Gasteiger partial charge is 0.386 e. The molecule has 2 heterocycles. The van der Waals surface area contributed by atoms with Gasteiger partial charge in [-0.25, -0.2) is 18.8 Å². The summed E-state index contributed by atoms with van der Waals surface area (Å²) >= 11 is 1.30. The van der Waals surface area contributed by atoms with E-state index in [-0.39, 0.29) is 11.8 Å². The zero-order chi connectivity index (χ0) is 24.9. The summed E-state index contributed by atoms with van der Waals surface area (Å²) in [6, 6.07) is 11.0. The minimum absolute atomic E-state index is 0.189. The maximum Gasteiger partial charge on any atom is 0.316 e. The Hall–Kier alpha value is -2.53. The number of aromatic nitrogens is 2. The Bertz CT molecular complexity index is 1100. The van der Waals surface area contributed by atoms with Crippen molar-refractivity contribution in [2.24, 2.45) is 10.9 Å². The highest BCUT2D eigenvalue weighted by Crippen LogP contribution is 2.34. The zero-order valence-electron chi connectivity index (χ0n) is 19.8. The van der Waals surface area contributed by atoms with Crippen LogP contribution in [0.4, 0.5) is 10.5 Å². The maximum absolute atomic E-state index is 11.3. The summed E-state index contributed by atoms with van der Waals surface area (Å²) in [5, 5.41) is 23.9. The van der Waals surface area contributed by atoms with Crippen LogP contribution in [0.5, 0.6) is 0 Å². The number of carbonyl (C=O) groups is 1. The van der Waals surface area contributed by atoms with Crippen molar-refractivity contribution in [1.82, 2.24) is 9.78 Å². The first kappa shape index (κ1) is 26.7. The number of benzene rings is 1. The van der Waals surface area contributed by atoms with E-state index >= 15 is 0 Å². The van der Waals surface area contributed by atoms with Crippen molar-refractivity contribution in [1.29, 1.82) is 0 Å². The Morgan fingerprint density at radius 1 is 1.18 bits per heavy atom. The van der Waals surface area contributed by atoms with Crippen molar-refractivity contribution < 1.29 is 14.1 Å². The molecule has 10 heteroatoms. The van der Waals surface area contributed by atoms with Crippen LogP contribution in [0.2, 0.25) is 0 Å². The second-order valence-electron chi connectivity index (χ2n) is 8.70. The molecule has 0 saturated heterocycles. The van der Waals surface area contributed by atoms with Gasteiger partial charge in [-0.15, -0.1) is 11.3 Å². The quantitative estimate of drug-likeness (QED) is 0.401. The van der Waals surface area contributed by atoms with E-state index in [4.69, 9.17) is 16.0 Å². The molecule has 0 aliphatic rings. The average Bonchev–Trinajstić information content (AvgIpc) is 3.34. The van der Waals surface area contributed by atoms with Gasteiger partial charge in [0, 0.05) is 0 Å². The molecule has 2 amide bonds. The van der Waals surface area contributed by atoms with Crippen molar-refractivity contribution in [3.63, 3.8) is 0 Å².